The van der Waals surface area contributed by atoms with Crippen LogP contribution >= 0.6 is 24.0 Å². The van der Waals surface area contributed by atoms with Gasteiger partial charge < -0.3 is 19.8 Å². The number of benzene rings is 1. The van der Waals surface area contributed by atoms with Crippen LogP contribution in [0.2, 0.25) is 0 Å². The SMILES string of the molecule is CN=C(NCCCOCc1ccco1)NCC1(c2ccccc2)CCC1.I. The summed E-state index contributed by atoms with van der Waals surface area (Å²) in [6, 6.07) is 14.6. The highest BCUT2D eigenvalue weighted by Gasteiger charge is 2.38. The van der Waals surface area contributed by atoms with Crippen LogP contribution in [0.4, 0.5) is 0 Å². The maximum absolute atomic E-state index is 5.60. The number of rotatable bonds is 9. The molecule has 1 saturated carbocycles. The lowest BCUT2D eigenvalue weighted by molar-refractivity contribution is 0.105. The molecule has 27 heavy (non-hydrogen) atoms. The van der Waals surface area contributed by atoms with Crippen LogP contribution < -0.4 is 10.6 Å². The number of hydrogen-bond donors (Lipinski definition) is 2. The second kappa shape index (κ2) is 11.3. The summed E-state index contributed by atoms with van der Waals surface area (Å²) in [7, 11) is 1.82. The molecule has 0 radical (unpaired) electrons. The van der Waals surface area contributed by atoms with Crippen LogP contribution in [0.5, 0.6) is 0 Å². The van der Waals surface area contributed by atoms with Crippen LogP contribution in [-0.4, -0.2) is 32.7 Å². The van der Waals surface area contributed by atoms with E-state index >= 15 is 0 Å². The van der Waals surface area contributed by atoms with Gasteiger partial charge in [0, 0.05) is 32.2 Å². The van der Waals surface area contributed by atoms with E-state index in [4.69, 9.17) is 9.15 Å². The summed E-state index contributed by atoms with van der Waals surface area (Å²) in [5.41, 5.74) is 1.69. The van der Waals surface area contributed by atoms with Gasteiger partial charge in [0.2, 0.25) is 0 Å². The van der Waals surface area contributed by atoms with Gasteiger partial charge in [0.15, 0.2) is 5.96 Å². The van der Waals surface area contributed by atoms with Gasteiger partial charge in [-0.25, -0.2) is 0 Å². The molecule has 0 bridgehead atoms. The fourth-order valence-corrected chi connectivity index (χ4v) is 3.38. The van der Waals surface area contributed by atoms with Crippen molar-refractivity contribution in [2.45, 2.75) is 37.7 Å². The van der Waals surface area contributed by atoms with Crippen molar-refractivity contribution in [1.29, 1.82) is 0 Å². The number of hydrogen-bond acceptors (Lipinski definition) is 3. The Labute approximate surface area is 179 Å². The predicted molar refractivity (Wildman–Crippen MR) is 120 cm³/mol. The third-order valence-electron chi connectivity index (χ3n) is 5.10. The number of ether oxygens (including phenoxy) is 1. The lowest BCUT2D eigenvalue weighted by Crippen LogP contribution is -2.49. The van der Waals surface area contributed by atoms with Crippen molar-refractivity contribution in [2.24, 2.45) is 4.99 Å². The van der Waals surface area contributed by atoms with E-state index < -0.39 is 0 Å². The summed E-state index contributed by atoms with van der Waals surface area (Å²) in [5, 5.41) is 6.88. The molecule has 1 aromatic heterocycles. The number of aliphatic imine (C=N–C) groups is 1. The molecule has 2 N–H and O–H groups in total. The van der Waals surface area contributed by atoms with Gasteiger partial charge in [-0.15, -0.1) is 24.0 Å². The Morgan fingerprint density at radius 2 is 1.96 bits per heavy atom. The minimum absolute atomic E-state index is 0. The largest absolute Gasteiger partial charge is 0.467 e. The van der Waals surface area contributed by atoms with Crippen LogP contribution in [0.15, 0.2) is 58.1 Å². The Morgan fingerprint density at radius 3 is 2.59 bits per heavy atom. The number of nitrogens with one attached hydrogen (secondary N) is 2. The van der Waals surface area contributed by atoms with Crippen molar-refractivity contribution < 1.29 is 9.15 Å². The molecule has 1 aliphatic carbocycles. The van der Waals surface area contributed by atoms with Gasteiger partial charge in [-0.2, -0.15) is 0 Å². The standard InChI is InChI=1S/C21H29N3O2.HI/c1-22-20(23-13-7-14-25-16-19-10-5-15-26-19)24-17-21(11-6-12-21)18-8-3-2-4-9-18;/h2-5,8-10,15H,6-7,11-14,16-17H2,1H3,(H2,22,23,24);1H. The van der Waals surface area contributed by atoms with Crippen molar-refractivity contribution >= 4 is 29.9 Å². The Morgan fingerprint density at radius 1 is 1.15 bits per heavy atom. The summed E-state index contributed by atoms with van der Waals surface area (Å²) in [4.78, 5) is 4.34. The van der Waals surface area contributed by atoms with Gasteiger partial charge in [0.1, 0.15) is 12.4 Å². The van der Waals surface area contributed by atoms with Crippen molar-refractivity contribution in [3.8, 4) is 0 Å². The zero-order valence-corrected chi connectivity index (χ0v) is 18.3. The van der Waals surface area contributed by atoms with E-state index in [2.05, 4.69) is 46.0 Å². The highest BCUT2D eigenvalue weighted by molar-refractivity contribution is 14.0. The smallest absolute Gasteiger partial charge is 0.191 e. The molecule has 0 saturated heterocycles. The first-order chi connectivity index (χ1) is 12.8. The molecule has 3 rings (SSSR count). The summed E-state index contributed by atoms with van der Waals surface area (Å²) in [5.74, 6) is 1.72. The van der Waals surface area contributed by atoms with Gasteiger partial charge >= 0.3 is 0 Å². The third-order valence-corrected chi connectivity index (χ3v) is 5.10. The van der Waals surface area contributed by atoms with E-state index in [1.165, 1.54) is 24.8 Å². The molecule has 0 atom stereocenters. The number of halogens is 1. The van der Waals surface area contributed by atoms with Gasteiger partial charge in [-0.3, -0.25) is 4.99 Å². The molecule has 1 heterocycles. The highest BCUT2D eigenvalue weighted by Crippen LogP contribution is 2.43. The summed E-state index contributed by atoms with van der Waals surface area (Å²) in [6.07, 6.45) is 6.37. The lowest BCUT2D eigenvalue weighted by Gasteiger charge is -2.43. The van der Waals surface area contributed by atoms with Crippen molar-refractivity contribution in [1.82, 2.24) is 10.6 Å². The average molecular weight is 483 g/mol. The zero-order chi connectivity index (χ0) is 18.1. The molecule has 2 aromatic rings. The maximum atomic E-state index is 5.60. The van der Waals surface area contributed by atoms with Crippen LogP contribution in [0.1, 0.15) is 37.0 Å². The Balaban J connectivity index is 0.00000261. The topological polar surface area (TPSA) is 58.8 Å². The summed E-state index contributed by atoms with van der Waals surface area (Å²) >= 11 is 0. The lowest BCUT2D eigenvalue weighted by atomic mass is 9.64. The number of guanidine groups is 1. The van der Waals surface area contributed by atoms with E-state index in [-0.39, 0.29) is 29.4 Å². The first-order valence-electron chi connectivity index (χ1n) is 9.43. The molecule has 148 valence electrons. The minimum atomic E-state index is 0. The molecule has 6 heteroatoms. The summed E-state index contributed by atoms with van der Waals surface area (Å²) in [6.45, 7) is 2.97. The van der Waals surface area contributed by atoms with Gasteiger partial charge in [-0.1, -0.05) is 36.8 Å². The fourth-order valence-electron chi connectivity index (χ4n) is 3.38. The van der Waals surface area contributed by atoms with Crippen molar-refractivity contribution in [2.75, 3.05) is 26.7 Å². The second-order valence-corrected chi connectivity index (χ2v) is 6.84. The van der Waals surface area contributed by atoms with Gasteiger partial charge in [0.25, 0.3) is 0 Å². The molecule has 0 spiro atoms. The minimum Gasteiger partial charge on any atom is -0.467 e. The van der Waals surface area contributed by atoms with E-state index in [0.717, 1.165) is 31.2 Å². The first kappa shape index (κ1) is 21.8. The Hall–Kier alpha value is -1.54. The Kier molecular flexibility index (Phi) is 9.14. The molecular weight excluding hydrogens is 453 g/mol. The molecule has 0 amide bonds. The number of nitrogens with zero attached hydrogens (tertiary/aromatic N) is 1. The van der Waals surface area contributed by atoms with Crippen LogP contribution in [-0.2, 0) is 16.8 Å². The summed E-state index contributed by atoms with van der Waals surface area (Å²) < 4.78 is 10.8. The van der Waals surface area contributed by atoms with Crippen molar-refractivity contribution in [3.05, 3.63) is 60.1 Å². The average Bonchev–Trinajstić information content (AvgIpc) is 3.16. The molecule has 1 fully saturated rings. The molecule has 0 unspecified atom stereocenters. The van der Waals surface area contributed by atoms with Crippen LogP contribution in [0, 0.1) is 0 Å². The van der Waals surface area contributed by atoms with E-state index in [0.29, 0.717) is 13.2 Å². The van der Waals surface area contributed by atoms with Crippen LogP contribution in [0.3, 0.4) is 0 Å². The van der Waals surface area contributed by atoms with E-state index in [1.54, 1.807) is 6.26 Å². The van der Waals surface area contributed by atoms with Gasteiger partial charge in [-0.05, 0) is 37.0 Å². The third kappa shape index (κ3) is 6.24. The fraction of sp³-hybridized carbons (Fsp3) is 0.476. The molecule has 1 aliphatic rings. The second-order valence-electron chi connectivity index (χ2n) is 6.84. The Bertz CT molecular complexity index is 670. The van der Waals surface area contributed by atoms with Gasteiger partial charge in [0.05, 0.1) is 6.26 Å². The van der Waals surface area contributed by atoms with Crippen LogP contribution in [0.25, 0.3) is 0 Å². The molecule has 5 nitrogen and oxygen atoms in total. The van der Waals surface area contributed by atoms with E-state index in [1.807, 2.05) is 19.2 Å². The van der Waals surface area contributed by atoms with E-state index in [9.17, 15) is 0 Å². The molecule has 0 aliphatic heterocycles. The normalized spacial score (nSPS) is 15.5. The monoisotopic (exact) mass is 483 g/mol. The first-order valence-corrected chi connectivity index (χ1v) is 9.43. The number of furan rings is 1. The zero-order valence-electron chi connectivity index (χ0n) is 15.9. The molecular formula is C21H30IN3O2. The molecule has 1 aromatic carbocycles. The van der Waals surface area contributed by atoms with Crippen molar-refractivity contribution in [3.63, 3.8) is 0 Å². The quantitative estimate of drug-likeness (QED) is 0.244. The highest BCUT2D eigenvalue weighted by atomic mass is 127. The maximum Gasteiger partial charge on any atom is 0.191 e. The predicted octanol–water partition coefficient (Wildman–Crippen LogP) is 4.09.